The number of fused-ring (bicyclic) bond motifs is 3. The van der Waals surface area contributed by atoms with Crippen molar-refractivity contribution in [1.82, 2.24) is 0 Å². The van der Waals surface area contributed by atoms with Gasteiger partial charge < -0.3 is 11.1 Å². The zero-order chi connectivity index (χ0) is 14.2. The quantitative estimate of drug-likeness (QED) is 0.503. The first kappa shape index (κ1) is 12.7. The van der Waals surface area contributed by atoms with Crippen LogP contribution in [-0.2, 0) is 6.54 Å². The summed E-state index contributed by atoms with van der Waals surface area (Å²) in [7, 11) is 0. The summed E-state index contributed by atoms with van der Waals surface area (Å²) in [5.74, 6) is 0. The van der Waals surface area contributed by atoms with E-state index in [1.807, 2.05) is 6.07 Å². The maximum absolute atomic E-state index is 6.16. The average molecular weight is 310 g/mol. The summed E-state index contributed by atoms with van der Waals surface area (Å²) >= 11 is 3.49. The van der Waals surface area contributed by atoms with Crippen LogP contribution in [0.3, 0.4) is 0 Å². The van der Waals surface area contributed by atoms with Crippen LogP contribution in [-0.4, -0.2) is 0 Å². The molecule has 2 heterocycles. The van der Waals surface area contributed by atoms with Gasteiger partial charge in [-0.3, -0.25) is 0 Å². The molecule has 104 valence electrons. The number of nitrogen functional groups attached to an aromatic ring is 1. The van der Waals surface area contributed by atoms with E-state index in [2.05, 4.69) is 52.5 Å². The van der Waals surface area contributed by atoms with Crippen molar-refractivity contribution in [2.75, 3.05) is 11.1 Å². The van der Waals surface area contributed by atoms with Crippen molar-refractivity contribution in [2.45, 2.75) is 6.54 Å². The summed E-state index contributed by atoms with van der Waals surface area (Å²) < 4.78 is 2.45. The topological polar surface area (TPSA) is 38.0 Å². The van der Waals surface area contributed by atoms with Crippen LogP contribution in [0.25, 0.3) is 20.2 Å². The highest BCUT2D eigenvalue weighted by Gasteiger charge is 2.11. The molecular weight excluding hydrogens is 296 g/mol. The van der Waals surface area contributed by atoms with Crippen LogP contribution in [0.5, 0.6) is 0 Å². The molecular formula is C17H14N2S2. The monoisotopic (exact) mass is 310 g/mol. The minimum atomic E-state index is 0.840. The lowest BCUT2D eigenvalue weighted by Crippen LogP contribution is -1.99. The van der Waals surface area contributed by atoms with E-state index in [-0.39, 0.29) is 0 Å². The Morgan fingerprint density at radius 1 is 1.05 bits per heavy atom. The Morgan fingerprint density at radius 2 is 1.95 bits per heavy atom. The molecule has 0 spiro atoms. The van der Waals surface area contributed by atoms with E-state index >= 15 is 0 Å². The van der Waals surface area contributed by atoms with Crippen molar-refractivity contribution in [3.05, 3.63) is 58.8 Å². The normalized spacial score (nSPS) is 11.2. The van der Waals surface area contributed by atoms with Crippen molar-refractivity contribution < 1.29 is 0 Å². The molecule has 2 aromatic carbocycles. The Morgan fingerprint density at radius 3 is 2.81 bits per heavy atom. The third kappa shape index (κ3) is 2.17. The molecule has 0 fully saturated rings. The first-order valence-electron chi connectivity index (χ1n) is 6.77. The van der Waals surface area contributed by atoms with Crippen LogP contribution < -0.4 is 11.1 Å². The van der Waals surface area contributed by atoms with Gasteiger partial charge in [0.2, 0.25) is 0 Å². The zero-order valence-corrected chi connectivity index (χ0v) is 12.9. The maximum atomic E-state index is 6.16. The van der Waals surface area contributed by atoms with E-state index in [4.69, 9.17) is 5.73 Å². The van der Waals surface area contributed by atoms with Crippen LogP contribution in [0.15, 0.2) is 53.2 Å². The SMILES string of the molecule is Nc1ccc(NCc2ccsc2)c2c1sc1ccccc12. The van der Waals surface area contributed by atoms with Gasteiger partial charge in [0.25, 0.3) is 0 Å². The van der Waals surface area contributed by atoms with Crippen molar-refractivity contribution in [1.29, 1.82) is 0 Å². The van der Waals surface area contributed by atoms with Gasteiger partial charge in [0, 0.05) is 33.4 Å². The molecule has 0 bridgehead atoms. The minimum absolute atomic E-state index is 0.840. The lowest BCUT2D eigenvalue weighted by molar-refractivity contribution is 1.17. The summed E-state index contributed by atoms with van der Waals surface area (Å²) in [6.07, 6.45) is 0. The van der Waals surface area contributed by atoms with E-state index in [0.29, 0.717) is 0 Å². The lowest BCUT2D eigenvalue weighted by atomic mass is 10.1. The van der Waals surface area contributed by atoms with E-state index in [1.165, 1.54) is 25.7 Å². The molecule has 3 N–H and O–H groups in total. The first-order chi connectivity index (χ1) is 10.3. The van der Waals surface area contributed by atoms with Gasteiger partial charge in [-0.15, -0.1) is 11.3 Å². The van der Waals surface area contributed by atoms with Crippen molar-refractivity contribution in [3.8, 4) is 0 Å². The van der Waals surface area contributed by atoms with Gasteiger partial charge in [0.05, 0.1) is 4.70 Å². The number of anilines is 2. The molecule has 0 radical (unpaired) electrons. The van der Waals surface area contributed by atoms with Gasteiger partial charge in [-0.05, 0) is 40.6 Å². The van der Waals surface area contributed by atoms with Gasteiger partial charge in [-0.2, -0.15) is 11.3 Å². The molecule has 0 amide bonds. The maximum Gasteiger partial charge on any atom is 0.0605 e. The predicted octanol–water partition coefficient (Wildman–Crippen LogP) is 5.31. The van der Waals surface area contributed by atoms with Gasteiger partial charge in [-0.1, -0.05) is 18.2 Å². The Balaban J connectivity index is 1.86. The number of hydrogen-bond donors (Lipinski definition) is 2. The molecule has 0 aliphatic rings. The predicted molar refractivity (Wildman–Crippen MR) is 95.4 cm³/mol. The molecule has 4 heteroatoms. The average Bonchev–Trinajstić information content (AvgIpc) is 3.14. The Kier molecular flexibility index (Phi) is 3.05. The summed E-state index contributed by atoms with van der Waals surface area (Å²) in [6, 6.07) is 14.7. The molecule has 0 unspecified atom stereocenters. The van der Waals surface area contributed by atoms with Crippen molar-refractivity contribution >= 4 is 54.2 Å². The molecule has 4 rings (SSSR count). The van der Waals surface area contributed by atoms with Gasteiger partial charge in [-0.25, -0.2) is 0 Å². The highest BCUT2D eigenvalue weighted by molar-refractivity contribution is 7.26. The van der Waals surface area contributed by atoms with Gasteiger partial charge in [0.15, 0.2) is 0 Å². The molecule has 4 aromatic rings. The van der Waals surface area contributed by atoms with Crippen molar-refractivity contribution in [2.24, 2.45) is 0 Å². The summed E-state index contributed by atoms with van der Waals surface area (Å²) in [5.41, 5.74) is 9.48. The van der Waals surface area contributed by atoms with Crippen LogP contribution in [0.4, 0.5) is 11.4 Å². The minimum Gasteiger partial charge on any atom is -0.398 e. The van der Waals surface area contributed by atoms with Crippen LogP contribution >= 0.6 is 22.7 Å². The fourth-order valence-electron chi connectivity index (χ4n) is 2.59. The molecule has 0 atom stereocenters. The molecule has 0 saturated heterocycles. The molecule has 2 aromatic heterocycles. The summed E-state index contributed by atoms with van der Waals surface area (Å²) in [6.45, 7) is 0.840. The van der Waals surface area contributed by atoms with Crippen LogP contribution in [0, 0.1) is 0 Å². The molecule has 0 saturated carbocycles. The second-order valence-electron chi connectivity index (χ2n) is 4.99. The third-order valence-corrected chi connectivity index (χ3v) is 5.57. The Labute approximate surface area is 130 Å². The second-order valence-corrected chi connectivity index (χ2v) is 6.82. The number of rotatable bonds is 3. The van der Waals surface area contributed by atoms with E-state index in [9.17, 15) is 0 Å². The van der Waals surface area contributed by atoms with E-state index in [1.54, 1.807) is 22.7 Å². The molecule has 2 nitrogen and oxygen atoms in total. The molecule has 0 aliphatic heterocycles. The van der Waals surface area contributed by atoms with Crippen LogP contribution in [0.1, 0.15) is 5.56 Å². The molecule has 21 heavy (non-hydrogen) atoms. The summed E-state index contributed by atoms with van der Waals surface area (Å²) in [4.78, 5) is 0. The highest BCUT2D eigenvalue weighted by Crippen LogP contribution is 2.41. The van der Waals surface area contributed by atoms with E-state index < -0.39 is 0 Å². The van der Waals surface area contributed by atoms with Crippen LogP contribution in [0.2, 0.25) is 0 Å². The number of benzene rings is 2. The lowest BCUT2D eigenvalue weighted by Gasteiger charge is -2.08. The third-order valence-electron chi connectivity index (χ3n) is 3.62. The van der Waals surface area contributed by atoms with Gasteiger partial charge in [0.1, 0.15) is 0 Å². The summed E-state index contributed by atoms with van der Waals surface area (Å²) in [5, 5.41) is 10.4. The fraction of sp³-hybridized carbons (Fsp3) is 0.0588. The largest absolute Gasteiger partial charge is 0.398 e. The molecule has 0 aliphatic carbocycles. The number of nitrogens with two attached hydrogens (primary N) is 1. The number of hydrogen-bond acceptors (Lipinski definition) is 4. The zero-order valence-electron chi connectivity index (χ0n) is 11.3. The smallest absolute Gasteiger partial charge is 0.0605 e. The van der Waals surface area contributed by atoms with E-state index in [0.717, 1.165) is 17.9 Å². The second kappa shape index (κ2) is 5.06. The Hall–Kier alpha value is -2.04. The van der Waals surface area contributed by atoms with Gasteiger partial charge >= 0.3 is 0 Å². The standard InChI is InChI=1S/C17H14N2S2/c18-13-5-6-14(19-9-11-7-8-20-10-11)16-12-3-1-2-4-15(12)21-17(13)16/h1-8,10,19H,9,18H2. The Bertz CT molecular complexity index is 907. The highest BCUT2D eigenvalue weighted by atomic mass is 32.1. The number of nitrogens with one attached hydrogen (secondary N) is 1. The van der Waals surface area contributed by atoms with Crippen molar-refractivity contribution in [3.63, 3.8) is 0 Å². The first-order valence-corrected chi connectivity index (χ1v) is 8.53. The fourth-order valence-corrected chi connectivity index (χ4v) is 4.41. The number of thiophene rings is 2.